The molecule has 3 nitrogen and oxygen atoms in total. The molecular weight excluding hydrogens is 256 g/mol. The molecule has 0 spiro atoms. The van der Waals surface area contributed by atoms with Crippen LogP contribution in [-0.2, 0) is 6.42 Å². The molecule has 1 aliphatic rings. The molecule has 106 valence electrons. The molecular formula is C15H24N2OS. The van der Waals surface area contributed by atoms with Gasteiger partial charge in [0, 0.05) is 12.6 Å². The molecule has 0 aliphatic carbocycles. The van der Waals surface area contributed by atoms with Crippen LogP contribution in [0.3, 0.4) is 0 Å². The molecule has 2 rings (SSSR count). The lowest BCUT2D eigenvalue weighted by molar-refractivity contribution is 0.0646. The predicted octanol–water partition coefficient (Wildman–Crippen LogP) is 2.91. The zero-order chi connectivity index (χ0) is 13.7. The van der Waals surface area contributed by atoms with Gasteiger partial charge < -0.3 is 10.2 Å². The Morgan fingerprint density at radius 2 is 2.16 bits per heavy atom. The zero-order valence-corrected chi connectivity index (χ0v) is 12.8. The fraction of sp³-hybridized carbons (Fsp3) is 0.667. The van der Waals surface area contributed by atoms with Crippen LogP contribution in [0.2, 0.25) is 0 Å². The summed E-state index contributed by atoms with van der Waals surface area (Å²) in [4.78, 5) is 15.9. The van der Waals surface area contributed by atoms with E-state index in [0.29, 0.717) is 6.04 Å². The van der Waals surface area contributed by atoms with Crippen LogP contribution in [0.15, 0.2) is 11.4 Å². The molecule has 1 saturated heterocycles. The van der Waals surface area contributed by atoms with E-state index in [1.165, 1.54) is 5.56 Å². The fourth-order valence-electron chi connectivity index (χ4n) is 2.74. The Labute approximate surface area is 120 Å². The van der Waals surface area contributed by atoms with Crippen LogP contribution in [0, 0.1) is 0 Å². The van der Waals surface area contributed by atoms with Gasteiger partial charge in [-0.1, -0.05) is 13.8 Å². The first kappa shape index (κ1) is 14.5. The Morgan fingerprint density at radius 1 is 1.42 bits per heavy atom. The molecule has 1 N–H and O–H groups in total. The summed E-state index contributed by atoms with van der Waals surface area (Å²) in [5.74, 6) is 0.251. The van der Waals surface area contributed by atoms with Crippen molar-refractivity contribution in [3.05, 3.63) is 21.9 Å². The molecule has 0 radical (unpaired) electrons. The van der Waals surface area contributed by atoms with E-state index in [1.807, 2.05) is 5.38 Å². The van der Waals surface area contributed by atoms with Crippen molar-refractivity contribution in [3.63, 3.8) is 0 Å². The van der Waals surface area contributed by atoms with E-state index in [2.05, 4.69) is 30.1 Å². The van der Waals surface area contributed by atoms with Crippen molar-refractivity contribution >= 4 is 17.2 Å². The number of amides is 1. The third-order valence-corrected chi connectivity index (χ3v) is 4.74. The normalized spacial score (nSPS) is 16.5. The van der Waals surface area contributed by atoms with Gasteiger partial charge in [-0.2, -0.15) is 0 Å². The molecule has 4 heteroatoms. The van der Waals surface area contributed by atoms with Crippen LogP contribution in [0.1, 0.15) is 48.3 Å². The molecule has 1 aliphatic heterocycles. The summed E-state index contributed by atoms with van der Waals surface area (Å²) in [5.41, 5.74) is 1.20. The Bertz CT molecular complexity index is 410. The molecule has 19 heavy (non-hydrogen) atoms. The van der Waals surface area contributed by atoms with Crippen LogP contribution in [0.5, 0.6) is 0 Å². The molecule has 0 aromatic carbocycles. The molecule has 2 heterocycles. The number of rotatable bonds is 5. The minimum atomic E-state index is 0.251. The summed E-state index contributed by atoms with van der Waals surface area (Å²) in [6.45, 7) is 7.21. The predicted molar refractivity (Wildman–Crippen MR) is 80.9 cm³/mol. The first-order valence-corrected chi connectivity index (χ1v) is 8.24. The largest absolute Gasteiger partial charge is 0.335 e. The van der Waals surface area contributed by atoms with Crippen LogP contribution < -0.4 is 5.32 Å². The van der Waals surface area contributed by atoms with Crippen LogP contribution >= 0.6 is 11.3 Å². The second kappa shape index (κ2) is 7.06. The average molecular weight is 280 g/mol. The SMILES string of the molecule is CCCN(C(=O)c1sccc1CC)C1CCNCC1. The van der Waals surface area contributed by atoms with Gasteiger partial charge in [0.25, 0.3) is 5.91 Å². The van der Waals surface area contributed by atoms with Gasteiger partial charge >= 0.3 is 0 Å². The molecule has 0 saturated carbocycles. The minimum absolute atomic E-state index is 0.251. The maximum atomic E-state index is 12.8. The molecule has 1 amide bonds. The first-order valence-electron chi connectivity index (χ1n) is 7.36. The van der Waals surface area contributed by atoms with Crippen molar-refractivity contribution in [2.75, 3.05) is 19.6 Å². The molecule has 1 fully saturated rings. The van der Waals surface area contributed by atoms with Crippen LogP contribution in [0.4, 0.5) is 0 Å². The molecule has 1 aromatic rings. The average Bonchev–Trinajstić information content (AvgIpc) is 2.93. The number of piperidine rings is 1. The smallest absolute Gasteiger partial charge is 0.264 e. The number of hydrogen-bond donors (Lipinski definition) is 1. The fourth-order valence-corrected chi connectivity index (χ4v) is 3.69. The van der Waals surface area contributed by atoms with E-state index in [-0.39, 0.29) is 5.91 Å². The number of carbonyl (C=O) groups excluding carboxylic acids is 1. The van der Waals surface area contributed by atoms with E-state index in [0.717, 1.165) is 50.2 Å². The van der Waals surface area contributed by atoms with Gasteiger partial charge in [0.15, 0.2) is 0 Å². The Balaban J connectivity index is 2.15. The van der Waals surface area contributed by atoms with Gasteiger partial charge in [-0.15, -0.1) is 11.3 Å². The summed E-state index contributed by atoms with van der Waals surface area (Å²) < 4.78 is 0. The maximum absolute atomic E-state index is 12.8. The van der Waals surface area contributed by atoms with Crippen LogP contribution in [-0.4, -0.2) is 36.5 Å². The number of carbonyl (C=O) groups is 1. The highest BCUT2D eigenvalue weighted by atomic mass is 32.1. The number of nitrogens with one attached hydrogen (secondary N) is 1. The monoisotopic (exact) mass is 280 g/mol. The van der Waals surface area contributed by atoms with Gasteiger partial charge in [-0.3, -0.25) is 4.79 Å². The lowest BCUT2D eigenvalue weighted by atomic mass is 10.0. The van der Waals surface area contributed by atoms with Crippen molar-refractivity contribution < 1.29 is 4.79 Å². The van der Waals surface area contributed by atoms with Crippen molar-refractivity contribution in [1.29, 1.82) is 0 Å². The summed E-state index contributed by atoms with van der Waals surface area (Å²) >= 11 is 1.59. The van der Waals surface area contributed by atoms with Crippen molar-refractivity contribution in [1.82, 2.24) is 10.2 Å². The Morgan fingerprint density at radius 3 is 2.79 bits per heavy atom. The molecule has 0 atom stereocenters. The maximum Gasteiger partial charge on any atom is 0.264 e. The minimum Gasteiger partial charge on any atom is -0.335 e. The number of aryl methyl sites for hydroxylation is 1. The van der Waals surface area contributed by atoms with Crippen molar-refractivity contribution in [3.8, 4) is 0 Å². The summed E-state index contributed by atoms with van der Waals surface area (Å²) in [6, 6.07) is 2.50. The summed E-state index contributed by atoms with van der Waals surface area (Å²) in [6.07, 6.45) is 4.14. The highest BCUT2D eigenvalue weighted by molar-refractivity contribution is 7.12. The van der Waals surface area contributed by atoms with Crippen molar-refractivity contribution in [2.45, 2.75) is 45.6 Å². The third-order valence-electron chi connectivity index (χ3n) is 3.80. The van der Waals surface area contributed by atoms with Gasteiger partial charge in [-0.05, 0) is 55.8 Å². The third kappa shape index (κ3) is 3.37. The topological polar surface area (TPSA) is 32.3 Å². The number of thiophene rings is 1. The van der Waals surface area contributed by atoms with E-state index in [4.69, 9.17) is 0 Å². The highest BCUT2D eigenvalue weighted by Gasteiger charge is 2.27. The number of nitrogens with zero attached hydrogens (tertiary/aromatic N) is 1. The Hall–Kier alpha value is -0.870. The lowest BCUT2D eigenvalue weighted by Crippen LogP contribution is -2.46. The lowest BCUT2D eigenvalue weighted by Gasteiger charge is -2.34. The van der Waals surface area contributed by atoms with Gasteiger partial charge in [0.2, 0.25) is 0 Å². The van der Waals surface area contributed by atoms with Gasteiger partial charge in [0.05, 0.1) is 4.88 Å². The van der Waals surface area contributed by atoms with E-state index < -0.39 is 0 Å². The highest BCUT2D eigenvalue weighted by Crippen LogP contribution is 2.23. The van der Waals surface area contributed by atoms with E-state index >= 15 is 0 Å². The summed E-state index contributed by atoms with van der Waals surface area (Å²) in [7, 11) is 0. The zero-order valence-electron chi connectivity index (χ0n) is 11.9. The van der Waals surface area contributed by atoms with Crippen LogP contribution in [0.25, 0.3) is 0 Å². The standard InChI is InChI=1S/C15H24N2OS/c1-3-10-17(13-5-8-16-9-6-13)15(18)14-12(4-2)7-11-19-14/h7,11,13,16H,3-6,8-10H2,1-2H3. The van der Waals surface area contributed by atoms with E-state index in [1.54, 1.807) is 11.3 Å². The molecule has 0 bridgehead atoms. The Kier molecular flexibility index (Phi) is 5.40. The summed E-state index contributed by atoms with van der Waals surface area (Å²) in [5, 5.41) is 5.41. The second-order valence-electron chi connectivity index (χ2n) is 5.11. The first-order chi connectivity index (χ1) is 9.27. The van der Waals surface area contributed by atoms with Crippen molar-refractivity contribution in [2.24, 2.45) is 0 Å². The quantitative estimate of drug-likeness (QED) is 0.899. The number of hydrogen-bond acceptors (Lipinski definition) is 3. The molecule has 0 unspecified atom stereocenters. The van der Waals surface area contributed by atoms with Gasteiger partial charge in [0.1, 0.15) is 0 Å². The van der Waals surface area contributed by atoms with Gasteiger partial charge in [-0.25, -0.2) is 0 Å². The van der Waals surface area contributed by atoms with E-state index in [9.17, 15) is 4.79 Å². The second-order valence-corrected chi connectivity index (χ2v) is 6.02. The molecule has 1 aromatic heterocycles.